The maximum atomic E-state index is 12.4. The molecule has 142 valence electrons. The van der Waals surface area contributed by atoms with Crippen molar-refractivity contribution in [3.8, 4) is 6.07 Å². The van der Waals surface area contributed by atoms with E-state index >= 15 is 0 Å². The first-order chi connectivity index (χ1) is 13.0. The number of halogens is 1. The van der Waals surface area contributed by atoms with Crippen LogP contribution in [0.2, 0.25) is 5.02 Å². The van der Waals surface area contributed by atoms with E-state index in [1.54, 1.807) is 6.07 Å². The lowest BCUT2D eigenvalue weighted by Crippen LogP contribution is -2.23. The molecule has 0 aliphatic carbocycles. The summed E-state index contributed by atoms with van der Waals surface area (Å²) in [5.41, 5.74) is 0.826. The first kappa shape index (κ1) is 20.9. The van der Waals surface area contributed by atoms with E-state index < -0.39 is 11.9 Å². The van der Waals surface area contributed by atoms with Crippen LogP contribution in [0.1, 0.15) is 19.8 Å². The number of nitriles is 1. The lowest BCUT2D eigenvalue weighted by molar-refractivity contribution is -0.146. The number of carbonyl (C=O) groups excluding carboxylic acids is 2. The Balaban J connectivity index is 2.19. The van der Waals surface area contributed by atoms with Gasteiger partial charge in [-0.2, -0.15) is 5.26 Å². The molecule has 0 bridgehead atoms. The summed E-state index contributed by atoms with van der Waals surface area (Å²) in [5, 5.41) is 10.7. The molecule has 0 spiro atoms. The summed E-state index contributed by atoms with van der Waals surface area (Å²) in [4.78, 5) is 26.2. The Morgan fingerprint density at radius 1 is 1.37 bits per heavy atom. The van der Waals surface area contributed by atoms with Crippen molar-refractivity contribution >= 4 is 41.0 Å². The third-order valence-corrected chi connectivity index (χ3v) is 5.06. The second-order valence-corrected chi connectivity index (χ2v) is 6.99. The Morgan fingerprint density at radius 3 is 2.78 bits per heavy atom. The Labute approximate surface area is 167 Å². The number of ether oxygens (including phenoxy) is 2. The van der Waals surface area contributed by atoms with Gasteiger partial charge in [-0.05, 0) is 24.6 Å². The van der Waals surface area contributed by atoms with Gasteiger partial charge in [-0.15, -0.1) is 0 Å². The molecule has 0 N–H and O–H groups in total. The van der Waals surface area contributed by atoms with Gasteiger partial charge in [0.25, 0.3) is 0 Å². The van der Waals surface area contributed by atoms with E-state index in [1.807, 2.05) is 23.1 Å². The van der Waals surface area contributed by atoms with Crippen LogP contribution in [0.3, 0.4) is 0 Å². The molecule has 2 rings (SSSR count). The number of carbonyl (C=O) groups is 2. The number of esters is 2. The van der Waals surface area contributed by atoms with Crippen LogP contribution in [0.4, 0.5) is 5.69 Å². The molecule has 1 heterocycles. The molecule has 0 aromatic heterocycles. The Morgan fingerprint density at radius 2 is 2.11 bits per heavy atom. The molecule has 1 aromatic carbocycles. The van der Waals surface area contributed by atoms with Crippen molar-refractivity contribution in [3.63, 3.8) is 0 Å². The number of nitrogens with zero attached hydrogens (tertiary/aromatic N) is 2. The number of hydrogen-bond donors (Lipinski definition) is 0. The zero-order valence-electron chi connectivity index (χ0n) is 14.9. The fourth-order valence-corrected chi connectivity index (χ4v) is 3.82. The van der Waals surface area contributed by atoms with Gasteiger partial charge in [0.05, 0.1) is 5.69 Å². The molecule has 1 aliphatic heterocycles. The molecule has 1 aromatic rings. The largest absolute Gasteiger partial charge is 0.459 e. The Bertz CT molecular complexity index is 816. The van der Waals surface area contributed by atoms with Crippen LogP contribution in [0.15, 0.2) is 46.4 Å². The van der Waals surface area contributed by atoms with Crippen molar-refractivity contribution in [1.82, 2.24) is 0 Å². The summed E-state index contributed by atoms with van der Waals surface area (Å²) in [6.07, 6.45) is 2.89. The van der Waals surface area contributed by atoms with E-state index in [0.29, 0.717) is 16.6 Å². The predicted molar refractivity (Wildman–Crippen MR) is 104 cm³/mol. The molecule has 0 unspecified atom stereocenters. The minimum Gasteiger partial charge on any atom is -0.459 e. The van der Waals surface area contributed by atoms with E-state index in [9.17, 15) is 14.9 Å². The summed E-state index contributed by atoms with van der Waals surface area (Å²) in [6, 6.07) is 7.41. The van der Waals surface area contributed by atoms with E-state index in [-0.39, 0.29) is 18.8 Å². The normalized spacial score (nSPS) is 14.2. The molecule has 6 nitrogen and oxygen atoms in total. The first-order valence-corrected chi connectivity index (χ1v) is 9.56. The van der Waals surface area contributed by atoms with Crippen LogP contribution in [0.5, 0.6) is 0 Å². The van der Waals surface area contributed by atoms with Gasteiger partial charge in [0.1, 0.15) is 24.3 Å². The number of hydrogen-bond acceptors (Lipinski definition) is 7. The average Bonchev–Trinajstić information content (AvgIpc) is 3.00. The number of thioether (sulfide) groups is 1. The predicted octanol–water partition coefficient (Wildman–Crippen LogP) is 4.06. The highest BCUT2D eigenvalue weighted by Gasteiger charge is 2.31. The van der Waals surface area contributed by atoms with Gasteiger partial charge < -0.3 is 14.4 Å². The van der Waals surface area contributed by atoms with Crippen molar-refractivity contribution in [3.05, 3.63) is 46.5 Å². The SMILES string of the molecule is C=CC(=O)OCCOC(=O)/C(C#N)=C1\Sc2cc(Cl)ccc2N1CCCC. The van der Waals surface area contributed by atoms with Crippen molar-refractivity contribution in [2.45, 2.75) is 24.7 Å². The van der Waals surface area contributed by atoms with Gasteiger partial charge in [0, 0.05) is 22.5 Å². The summed E-state index contributed by atoms with van der Waals surface area (Å²) >= 11 is 7.38. The fraction of sp³-hybridized carbons (Fsp3) is 0.316. The maximum absolute atomic E-state index is 12.4. The standard InChI is InChI=1S/C19H19ClN2O4S/c1-3-5-8-22-15-7-6-13(20)11-16(15)27-18(22)14(12-21)19(24)26-10-9-25-17(23)4-2/h4,6-7,11H,2-3,5,8-10H2,1H3/b18-14-. The number of unbranched alkanes of at least 4 members (excludes halogenated alkanes) is 1. The highest BCUT2D eigenvalue weighted by Crippen LogP contribution is 2.48. The van der Waals surface area contributed by atoms with Crippen LogP contribution >= 0.6 is 23.4 Å². The molecule has 0 radical (unpaired) electrons. The number of fused-ring (bicyclic) bond motifs is 1. The highest BCUT2D eigenvalue weighted by atomic mass is 35.5. The van der Waals surface area contributed by atoms with E-state index in [4.69, 9.17) is 21.1 Å². The number of rotatable bonds is 8. The summed E-state index contributed by atoms with van der Waals surface area (Å²) in [7, 11) is 0. The molecule has 0 amide bonds. The molecular weight excluding hydrogens is 388 g/mol. The van der Waals surface area contributed by atoms with Crippen LogP contribution in [-0.2, 0) is 19.1 Å². The molecule has 0 fully saturated rings. The zero-order chi connectivity index (χ0) is 19.8. The van der Waals surface area contributed by atoms with Gasteiger partial charge >= 0.3 is 11.9 Å². The maximum Gasteiger partial charge on any atom is 0.351 e. The fourth-order valence-electron chi connectivity index (χ4n) is 2.37. The van der Waals surface area contributed by atoms with Crippen molar-refractivity contribution < 1.29 is 19.1 Å². The van der Waals surface area contributed by atoms with Crippen LogP contribution < -0.4 is 4.90 Å². The second-order valence-electron chi connectivity index (χ2n) is 5.52. The topological polar surface area (TPSA) is 79.6 Å². The zero-order valence-corrected chi connectivity index (χ0v) is 16.4. The molecule has 27 heavy (non-hydrogen) atoms. The molecule has 0 saturated heterocycles. The van der Waals surface area contributed by atoms with Crippen molar-refractivity contribution in [1.29, 1.82) is 5.26 Å². The Kier molecular flexibility index (Phi) is 7.77. The quantitative estimate of drug-likeness (QED) is 0.278. The highest BCUT2D eigenvalue weighted by molar-refractivity contribution is 8.03. The van der Waals surface area contributed by atoms with Gasteiger partial charge in [-0.1, -0.05) is 43.3 Å². The third kappa shape index (κ3) is 5.28. The molecule has 0 atom stereocenters. The number of benzene rings is 1. The second kappa shape index (κ2) is 10.0. The van der Waals surface area contributed by atoms with Gasteiger partial charge in [0.15, 0.2) is 5.57 Å². The summed E-state index contributed by atoms with van der Waals surface area (Å²) in [5.74, 6) is -1.36. The minimum atomic E-state index is -0.755. The van der Waals surface area contributed by atoms with Crippen LogP contribution in [0, 0.1) is 11.3 Å². The first-order valence-electron chi connectivity index (χ1n) is 8.37. The minimum absolute atomic E-state index is 0.0847. The summed E-state index contributed by atoms with van der Waals surface area (Å²) in [6.45, 7) is 5.77. The molecule has 8 heteroatoms. The van der Waals surface area contributed by atoms with E-state index in [1.165, 1.54) is 11.8 Å². The van der Waals surface area contributed by atoms with E-state index in [0.717, 1.165) is 29.5 Å². The molecule has 1 aliphatic rings. The molecule has 0 saturated carbocycles. The number of anilines is 1. The monoisotopic (exact) mass is 406 g/mol. The molecular formula is C19H19ClN2O4S. The van der Waals surface area contributed by atoms with E-state index in [2.05, 4.69) is 13.5 Å². The Hall–Kier alpha value is -2.43. The lowest BCUT2D eigenvalue weighted by atomic mass is 10.2. The van der Waals surface area contributed by atoms with Crippen LogP contribution in [0.25, 0.3) is 0 Å². The van der Waals surface area contributed by atoms with Gasteiger partial charge in [-0.25, -0.2) is 9.59 Å². The van der Waals surface area contributed by atoms with Crippen LogP contribution in [-0.4, -0.2) is 31.7 Å². The van der Waals surface area contributed by atoms with Crippen molar-refractivity contribution in [2.24, 2.45) is 0 Å². The average molecular weight is 407 g/mol. The van der Waals surface area contributed by atoms with Crippen molar-refractivity contribution in [2.75, 3.05) is 24.7 Å². The van der Waals surface area contributed by atoms with Gasteiger partial charge in [-0.3, -0.25) is 0 Å². The smallest absolute Gasteiger partial charge is 0.351 e. The lowest BCUT2D eigenvalue weighted by Gasteiger charge is -2.21. The van der Waals surface area contributed by atoms with Gasteiger partial charge in [0.2, 0.25) is 0 Å². The third-order valence-electron chi connectivity index (χ3n) is 3.66. The summed E-state index contributed by atoms with van der Waals surface area (Å²) < 4.78 is 9.84.